The molecule has 0 radical (unpaired) electrons. The van der Waals surface area contributed by atoms with E-state index < -0.39 is 0 Å². The second-order valence-corrected chi connectivity index (χ2v) is 3.95. The van der Waals surface area contributed by atoms with E-state index in [1.807, 2.05) is 19.1 Å². The molecule has 0 fully saturated rings. The molecule has 0 spiro atoms. The van der Waals surface area contributed by atoms with Crippen LogP contribution in [0.2, 0.25) is 5.15 Å². The van der Waals surface area contributed by atoms with Gasteiger partial charge in [0.2, 0.25) is 0 Å². The Morgan fingerprint density at radius 1 is 1.12 bits per heavy atom. The third kappa shape index (κ3) is 3.01. The Morgan fingerprint density at radius 2 is 1.82 bits per heavy atom. The first kappa shape index (κ1) is 11.5. The highest BCUT2D eigenvalue weighted by atomic mass is 35.5. The van der Waals surface area contributed by atoms with Crippen molar-refractivity contribution in [3.63, 3.8) is 0 Å². The number of carbonyl (C=O) groups is 1. The normalized spacial score (nSPS) is 10.0. The number of rotatable bonds is 2. The second-order valence-electron chi connectivity index (χ2n) is 3.56. The van der Waals surface area contributed by atoms with Crippen molar-refractivity contribution in [2.24, 2.45) is 0 Å². The number of anilines is 1. The van der Waals surface area contributed by atoms with Gasteiger partial charge in [-0.05, 0) is 31.2 Å². The first-order valence-corrected chi connectivity index (χ1v) is 5.40. The summed E-state index contributed by atoms with van der Waals surface area (Å²) in [6.07, 6.45) is 0. The molecule has 86 valence electrons. The third-order valence-electron chi connectivity index (χ3n) is 2.19. The standard InChI is InChI=1S/C12H10ClN3O/c1-8-2-4-9(5-3-8)12(17)14-11-7-6-10(13)15-16-11/h2-7H,1H3,(H,14,16,17). The molecule has 5 heteroatoms. The van der Waals surface area contributed by atoms with Crippen molar-refractivity contribution in [3.05, 3.63) is 52.7 Å². The summed E-state index contributed by atoms with van der Waals surface area (Å²) in [5.74, 6) is 0.154. The number of amides is 1. The molecule has 2 rings (SSSR count). The highest BCUT2D eigenvalue weighted by molar-refractivity contribution is 6.29. The molecule has 1 amide bonds. The maximum Gasteiger partial charge on any atom is 0.256 e. The fourth-order valence-corrected chi connectivity index (χ4v) is 1.38. The zero-order chi connectivity index (χ0) is 12.3. The van der Waals surface area contributed by atoms with Crippen molar-refractivity contribution in [2.75, 3.05) is 5.32 Å². The molecule has 17 heavy (non-hydrogen) atoms. The molecule has 0 bridgehead atoms. The average molecular weight is 248 g/mol. The van der Waals surface area contributed by atoms with Gasteiger partial charge in [0.1, 0.15) is 0 Å². The topological polar surface area (TPSA) is 54.9 Å². The molecule has 0 atom stereocenters. The largest absolute Gasteiger partial charge is 0.305 e. The molecule has 0 aliphatic rings. The van der Waals surface area contributed by atoms with E-state index in [-0.39, 0.29) is 5.91 Å². The van der Waals surface area contributed by atoms with Crippen LogP contribution in [0.3, 0.4) is 0 Å². The predicted octanol–water partition coefficient (Wildman–Crippen LogP) is 2.69. The summed E-state index contributed by atoms with van der Waals surface area (Å²) in [7, 11) is 0. The van der Waals surface area contributed by atoms with Crippen molar-refractivity contribution in [2.45, 2.75) is 6.92 Å². The minimum atomic E-state index is -0.221. The number of benzene rings is 1. The zero-order valence-corrected chi connectivity index (χ0v) is 9.90. The van der Waals surface area contributed by atoms with Crippen LogP contribution in [0.15, 0.2) is 36.4 Å². The van der Waals surface area contributed by atoms with Gasteiger partial charge in [0.25, 0.3) is 5.91 Å². The van der Waals surface area contributed by atoms with Crippen LogP contribution < -0.4 is 5.32 Å². The lowest BCUT2D eigenvalue weighted by Gasteiger charge is -2.03. The number of nitrogens with zero attached hydrogens (tertiary/aromatic N) is 2. The minimum Gasteiger partial charge on any atom is -0.305 e. The number of halogens is 1. The van der Waals surface area contributed by atoms with Crippen LogP contribution in [0.5, 0.6) is 0 Å². The lowest BCUT2D eigenvalue weighted by Crippen LogP contribution is -2.13. The fraction of sp³-hybridized carbons (Fsp3) is 0.0833. The summed E-state index contributed by atoms with van der Waals surface area (Å²) >= 11 is 5.60. The van der Waals surface area contributed by atoms with E-state index in [1.165, 1.54) is 0 Å². The van der Waals surface area contributed by atoms with Gasteiger partial charge < -0.3 is 5.32 Å². The van der Waals surface area contributed by atoms with Crippen molar-refractivity contribution in [3.8, 4) is 0 Å². The van der Waals surface area contributed by atoms with Crippen molar-refractivity contribution in [1.82, 2.24) is 10.2 Å². The zero-order valence-electron chi connectivity index (χ0n) is 9.14. The van der Waals surface area contributed by atoms with Crippen LogP contribution in [0.25, 0.3) is 0 Å². The summed E-state index contributed by atoms with van der Waals surface area (Å²) in [4.78, 5) is 11.8. The molecule has 0 saturated carbocycles. The highest BCUT2D eigenvalue weighted by Crippen LogP contribution is 2.09. The molecule has 4 nitrogen and oxygen atoms in total. The third-order valence-corrected chi connectivity index (χ3v) is 2.39. The highest BCUT2D eigenvalue weighted by Gasteiger charge is 2.06. The summed E-state index contributed by atoms with van der Waals surface area (Å²) in [5.41, 5.74) is 1.68. The molecule has 1 aromatic heterocycles. The van der Waals surface area contributed by atoms with Gasteiger partial charge >= 0.3 is 0 Å². The number of nitrogens with one attached hydrogen (secondary N) is 1. The quantitative estimate of drug-likeness (QED) is 0.888. The van der Waals surface area contributed by atoms with Gasteiger partial charge in [-0.3, -0.25) is 4.79 Å². The van der Waals surface area contributed by atoms with Crippen LogP contribution in [0, 0.1) is 6.92 Å². The number of hydrogen-bond acceptors (Lipinski definition) is 3. The molecule has 0 aliphatic heterocycles. The minimum absolute atomic E-state index is 0.221. The maximum absolute atomic E-state index is 11.8. The first-order chi connectivity index (χ1) is 8.15. The molecule has 0 aliphatic carbocycles. The lowest BCUT2D eigenvalue weighted by atomic mass is 10.1. The number of hydrogen-bond donors (Lipinski definition) is 1. The predicted molar refractivity (Wildman–Crippen MR) is 66.2 cm³/mol. The van der Waals surface area contributed by atoms with Crippen LogP contribution in [-0.2, 0) is 0 Å². The summed E-state index contributed by atoms with van der Waals surface area (Å²) in [5, 5.41) is 10.3. The Balaban J connectivity index is 2.11. The van der Waals surface area contributed by atoms with E-state index in [4.69, 9.17) is 11.6 Å². The van der Waals surface area contributed by atoms with E-state index in [9.17, 15) is 4.79 Å². The monoisotopic (exact) mass is 247 g/mol. The van der Waals surface area contributed by atoms with Crippen molar-refractivity contribution in [1.29, 1.82) is 0 Å². The van der Waals surface area contributed by atoms with Gasteiger partial charge in [-0.2, -0.15) is 0 Å². The molecule has 1 N–H and O–H groups in total. The summed E-state index contributed by atoms with van der Waals surface area (Å²) in [6.45, 7) is 1.96. The second kappa shape index (κ2) is 4.93. The lowest BCUT2D eigenvalue weighted by molar-refractivity contribution is 0.102. The molecular formula is C12H10ClN3O. The number of carbonyl (C=O) groups excluding carboxylic acids is 1. The van der Waals surface area contributed by atoms with E-state index >= 15 is 0 Å². The van der Waals surface area contributed by atoms with Gasteiger partial charge in [-0.15, -0.1) is 10.2 Å². The molecular weight excluding hydrogens is 238 g/mol. The van der Waals surface area contributed by atoms with Gasteiger partial charge in [0.05, 0.1) is 0 Å². The van der Waals surface area contributed by atoms with Crippen LogP contribution in [0.1, 0.15) is 15.9 Å². The van der Waals surface area contributed by atoms with Crippen LogP contribution in [-0.4, -0.2) is 16.1 Å². The van der Waals surface area contributed by atoms with Gasteiger partial charge in [-0.25, -0.2) is 0 Å². The van der Waals surface area contributed by atoms with Crippen LogP contribution in [0.4, 0.5) is 5.82 Å². The maximum atomic E-state index is 11.8. The smallest absolute Gasteiger partial charge is 0.256 e. The Hall–Kier alpha value is -1.94. The van der Waals surface area contributed by atoms with Gasteiger partial charge in [-0.1, -0.05) is 29.3 Å². The Morgan fingerprint density at radius 3 is 2.41 bits per heavy atom. The Labute approximate surface area is 104 Å². The summed E-state index contributed by atoms with van der Waals surface area (Å²) < 4.78 is 0. The first-order valence-electron chi connectivity index (χ1n) is 5.02. The average Bonchev–Trinajstić information content (AvgIpc) is 2.33. The number of aromatic nitrogens is 2. The van der Waals surface area contributed by atoms with E-state index in [0.29, 0.717) is 16.5 Å². The Kier molecular flexibility index (Phi) is 3.35. The molecule has 0 saturated heterocycles. The van der Waals surface area contributed by atoms with Gasteiger partial charge in [0.15, 0.2) is 11.0 Å². The van der Waals surface area contributed by atoms with Gasteiger partial charge in [0, 0.05) is 5.56 Å². The molecule has 1 aromatic carbocycles. The van der Waals surface area contributed by atoms with Crippen molar-refractivity contribution < 1.29 is 4.79 Å². The molecule has 2 aromatic rings. The Bertz CT molecular complexity index is 522. The molecule has 1 heterocycles. The number of aryl methyl sites for hydroxylation is 1. The van der Waals surface area contributed by atoms with E-state index in [1.54, 1.807) is 24.3 Å². The van der Waals surface area contributed by atoms with Crippen molar-refractivity contribution >= 4 is 23.3 Å². The van der Waals surface area contributed by atoms with Crippen LogP contribution >= 0.6 is 11.6 Å². The SMILES string of the molecule is Cc1ccc(C(=O)Nc2ccc(Cl)nn2)cc1. The van der Waals surface area contributed by atoms with E-state index in [0.717, 1.165) is 5.56 Å². The fourth-order valence-electron chi connectivity index (χ4n) is 1.28. The van der Waals surface area contributed by atoms with E-state index in [2.05, 4.69) is 15.5 Å². The summed E-state index contributed by atoms with van der Waals surface area (Å²) in [6, 6.07) is 10.4. The molecule has 0 unspecified atom stereocenters.